The van der Waals surface area contributed by atoms with Crippen molar-refractivity contribution in [1.82, 2.24) is 5.32 Å². The van der Waals surface area contributed by atoms with Gasteiger partial charge in [-0.1, -0.05) is 29.3 Å². The quantitative estimate of drug-likeness (QED) is 0.894. The third-order valence-corrected chi connectivity index (χ3v) is 3.09. The molecular formula is C11H10Cl2F3NO2. The molecule has 19 heavy (non-hydrogen) atoms. The number of carboxylic acids is 1. The Morgan fingerprint density at radius 2 is 1.95 bits per heavy atom. The molecule has 1 rings (SSSR count). The maximum absolute atomic E-state index is 12.2. The molecule has 1 unspecified atom stereocenters. The monoisotopic (exact) mass is 315 g/mol. The number of benzene rings is 1. The molecule has 0 bridgehead atoms. The van der Waals surface area contributed by atoms with Crippen molar-refractivity contribution in [2.45, 2.75) is 18.6 Å². The van der Waals surface area contributed by atoms with Gasteiger partial charge in [-0.2, -0.15) is 13.2 Å². The van der Waals surface area contributed by atoms with Gasteiger partial charge in [0.15, 0.2) is 0 Å². The fraction of sp³-hybridized carbons (Fsp3) is 0.364. The van der Waals surface area contributed by atoms with E-state index in [0.717, 1.165) is 6.92 Å². The average Bonchev–Trinajstić information content (AvgIpc) is 2.24. The van der Waals surface area contributed by atoms with Crippen molar-refractivity contribution < 1.29 is 23.1 Å². The van der Waals surface area contributed by atoms with E-state index in [-0.39, 0.29) is 15.6 Å². The number of hydrogen-bond acceptors (Lipinski definition) is 2. The van der Waals surface area contributed by atoms with Gasteiger partial charge >= 0.3 is 12.1 Å². The average molecular weight is 316 g/mol. The van der Waals surface area contributed by atoms with Crippen LogP contribution in [0.1, 0.15) is 12.5 Å². The second-order valence-corrected chi connectivity index (χ2v) is 4.87. The number of alkyl halides is 3. The first kappa shape index (κ1) is 16.1. The fourth-order valence-electron chi connectivity index (χ4n) is 1.46. The first-order chi connectivity index (χ1) is 8.56. The predicted octanol–water partition coefficient (Wildman–Crippen LogP) is 3.45. The predicted molar refractivity (Wildman–Crippen MR) is 65.5 cm³/mol. The molecule has 0 amide bonds. The van der Waals surface area contributed by atoms with Crippen LogP contribution in [-0.4, -0.2) is 23.8 Å². The number of hydrogen-bond donors (Lipinski definition) is 2. The van der Waals surface area contributed by atoms with Crippen LogP contribution >= 0.6 is 23.2 Å². The molecule has 0 heterocycles. The summed E-state index contributed by atoms with van der Waals surface area (Å²) in [5.41, 5.74) is -1.95. The number of nitrogens with one attached hydrogen (secondary N) is 1. The van der Waals surface area contributed by atoms with Gasteiger partial charge in [0, 0.05) is 15.6 Å². The summed E-state index contributed by atoms with van der Waals surface area (Å²) in [5.74, 6) is -1.47. The zero-order chi connectivity index (χ0) is 14.8. The third-order valence-electron chi connectivity index (χ3n) is 2.54. The number of carbonyl (C=O) groups is 1. The number of halogens is 5. The first-order valence-corrected chi connectivity index (χ1v) is 5.82. The highest BCUT2D eigenvalue weighted by Gasteiger charge is 2.40. The van der Waals surface area contributed by atoms with Crippen molar-refractivity contribution >= 4 is 29.2 Å². The standard InChI is InChI=1S/C11H10Cl2F3NO2/c1-10(9(18)19,17-5-11(14,15)16)7-3-2-6(12)4-8(7)13/h2-4,17H,5H2,1H3,(H,18,19). The Labute approximate surface area is 117 Å². The molecule has 0 aliphatic carbocycles. The molecule has 0 saturated carbocycles. The molecular weight excluding hydrogens is 306 g/mol. The lowest BCUT2D eigenvalue weighted by molar-refractivity contribution is -0.150. The summed E-state index contributed by atoms with van der Waals surface area (Å²) >= 11 is 11.5. The van der Waals surface area contributed by atoms with Crippen LogP contribution in [0.5, 0.6) is 0 Å². The van der Waals surface area contributed by atoms with E-state index in [4.69, 9.17) is 28.3 Å². The minimum absolute atomic E-state index is 0.00955. The number of carboxylic acid groups (broad SMARTS) is 1. The van der Waals surface area contributed by atoms with E-state index in [1.165, 1.54) is 18.2 Å². The van der Waals surface area contributed by atoms with Gasteiger partial charge in [0.2, 0.25) is 0 Å². The Morgan fingerprint density at radius 1 is 1.37 bits per heavy atom. The Bertz CT molecular complexity index is 493. The smallest absolute Gasteiger partial charge is 0.401 e. The highest BCUT2D eigenvalue weighted by molar-refractivity contribution is 6.35. The molecule has 2 N–H and O–H groups in total. The third kappa shape index (κ3) is 3.99. The minimum atomic E-state index is -4.53. The number of aliphatic carboxylic acids is 1. The molecule has 3 nitrogen and oxygen atoms in total. The summed E-state index contributed by atoms with van der Waals surface area (Å²) in [6.07, 6.45) is -4.53. The Morgan fingerprint density at radius 3 is 2.37 bits per heavy atom. The first-order valence-electron chi connectivity index (χ1n) is 5.07. The van der Waals surface area contributed by atoms with Gasteiger partial charge in [0.1, 0.15) is 5.54 Å². The van der Waals surface area contributed by atoms with Crippen LogP contribution in [0.2, 0.25) is 10.0 Å². The SMILES string of the molecule is CC(NCC(F)(F)F)(C(=O)O)c1ccc(Cl)cc1Cl. The molecule has 0 aromatic heterocycles. The maximum atomic E-state index is 12.2. The van der Waals surface area contributed by atoms with E-state index in [2.05, 4.69) is 0 Å². The summed E-state index contributed by atoms with van der Waals surface area (Å²) < 4.78 is 36.7. The zero-order valence-corrected chi connectivity index (χ0v) is 11.2. The fourth-order valence-corrected chi connectivity index (χ4v) is 2.06. The normalized spacial score (nSPS) is 15.1. The maximum Gasteiger partial charge on any atom is 0.401 e. The summed E-state index contributed by atoms with van der Waals surface area (Å²) in [6, 6.07) is 3.91. The molecule has 0 radical (unpaired) electrons. The Balaban J connectivity index is 3.15. The Hall–Kier alpha value is -0.980. The lowest BCUT2D eigenvalue weighted by Gasteiger charge is -2.28. The van der Waals surface area contributed by atoms with Crippen LogP contribution in [-0.2, 0) is 10.3 Å². The lowest BCUT2D eigenvalue weighted by Crippen LogP contribution is -2.50. The second kappa shape index (κ2) is 5.56. The van der Waals surface area contributed by atoms with Gasteiger partial charge in [0.05, 0.1) is 6.54 Å². The van der Waals surface area contributed by atoms with Crippen LogP contribution in [0.3, 0.4) is 0 Å². The van der Waals surface area contributed by atoms with Crippen LogP contribution in [0, 0.1) is 0 Å². The minimum Gasteiger partial charge on any atom is -0.480 e. The molecule has 0 saturated heterocycles. The van der Waals surface area contributed by atoms with E-state index in [9.17, 15) is 18.0 Å². The van der Waals surface area contributed by atoms with Gasteiger partial charge in [-0.3, -0.25) is 5.32 Å². The topological polar surface area (TPSA) is 49.3 Å². The van der Waals surface area contributed by atoms with Crippen molar-refractivity contribution in [2.24, 2.45) is 0 Å². The molecule has 0 aliphatic rings. The van der Waals surface area contributed by atoms with E-state index < -0.39 is 24.2 Å². The van der Waals surface area contributed by atoms with Crippen LogP contribution in [0.15, 0.2) is 18.2 Å². The van der Waals surface area contributed by atoms with Crippen LogP contribution in [0.4, 0.5) is 13.2 Å². The van der Waals surface area contributed by atoms with Crippen molar-refractivity contribution in [3.63, 3.8) is 0 Å². The summed E-state index contributed by atoms with van der Waals surface area (Å²) in [4.78, 5) is 11.3. The molecule has 1 aromatic carbocycles. The van der Waals surface area contributed by atoms with Gasteiger partial charge < -0.3 is 5.11 Å². The van der Waals surface area contributed by atoms with E-state index >= 15 is 0 Å². The number of rotatable bonds is 4. The molecule has 8 heteroatoms. The summed E-state index contributed by atoms with van der Waals surface area (Å²) in [5, 5.41) is 11.4. The largest absolute Gasteiger partial charge is 0.480 e. The van der Waals surface area contributed by atoms with Crippen molar-refractivity contribution in [3.05, 3.63) is 33.8 Å². The van der Waals surface area contributed by atoms with Gasteiger partial charge in [0.25, 0.3) is 0 Å². The van der Waals surface area contributed by atoms with E-state index in [1.54, 1.807) is 0 Å². The van der Waals surface area contributed by atoms with Crippen molar-refractivity contribution in [1.29, 1.82) is 0 Å². The van der Waals surface area contributed by atoms with Gasteiger partial charge in [-0.05, 0) is 19.1 Å². The van der Waals surface area contributed by atoms with Crippen LogP contribution in [0.25, 0.3) is 0 Å². The van der Waals surface area contributed by atoms with Crippen molar-refractivity contribution in [3.8, 4) is 0 Å². The highest BCUT2D eigenvalue weighted by atomic mass is 35.5. The molecule has 0 fully saturated rings. The van der Waals surface area contributed by atoms with Gasteiger partial charge in [-0.25, -0.2) is 4.79 Å². The van der Waals surface area contributed by atoms with Crippen molar-refractivity contribution in [2.75, 3.05) is 6.54 Å². The second-order valence-electron chi connectivity index (χ2n) is 4.02. The van der Waals surface area contributed by atoms with Gasteiger partial charge in [-0.15, -0.1) is 0 Å². The van der Waals surface area contributed by atoms with Crippen LogP contribution < -0.4 is 5.32 Å². The molecule has 1 aromatic rings. The van der Waals surface area contributed by atoms with E-state index in [1.807, 2.05) is 5.32 Å². The molecule has 0 aliphatic heterocycles. The molecule has 106 valence electrons. The lowest BCUT2D eigenvalue weighted by atomic mass is 9.92. The molecule has 1 atom stereocenters. The summed E-state index contributed by atoms with van der Waals surface area (Å²) in [7, 11) is 0. The summed E-state index contributed by atoms with van der Waals surface area (Å²) in [6.45, 7) is -0.342. The highest BCUT2D eigenvalue weighted by Crippen LogP contribution is 2.31. The van der Waals surface area contributed by atoms with E-state index in [0.29, 0.717) is 0 Å². The zero-order valence-electron chi connectivity index (χ0n) is 9.68. The molecule has 0 spiro atoms. The Kier molecular flexibility index (Phi) is 4.71.